The van der Waals surface area contributed by atoms with Crippen molar-refractivity contribution in [3.05, 3.63) is 0 Å². The first-order valence-electron chi connectivity index (χ1n) is 4.18. The Morgan fingerprint density at radius 1 is 1.73 bits per heavy atom. The van der Waals surface area contributed by atoms with Crippen LogP contribution >= 0.6 is 0 Å². The van der Waals surface area contributed by atoms with Crippen LogP contribution in [-0.4, -0.2) is 31.2 Å². The third kappa shape index (κ3) is 1.59. The Hall–Kier alpha value is -0.0151. The van der Waals surface area contributed by atoms with Crippen molar-refractivity contribution in [1.82, 2.24) is 0 Å². The molecule has 0 bridgehead atoms. The van der Waals surface area contributed by atoms with Gasteiger partial charge in [0, 0.05) is 6.00 Å². The van der Waals surface area contributed by atoms with Gasteiger partial charge in [-0.3, -0.25) is 0 Å². The van der Waals surface area contributed by atoms with Gasteiger partial charge in [0.25, 0.3) is 0 Å². The molecule has 0 spiro atoms. The molecule has 1 saturated heterocycles. The average molecular weight is 154 g/mol. The molecular weight excluding hydrogens is 139 g/mol. The number of aliphatic hydroxyl groups excluding tert-OH is 1. The normalized spacial score (nSPS) is 44.6. The molecule has 0 aliphatic carbocycles. The second-order valence-electron chi connectivity index (χ2n) is 3.46. The standard InChI is InChI=1S/C8H15BO2/c1-3-8(5-10)4-6(2)7(9)11-8/h6-7,10H,3-5H2,1-2H3/t6-,7-,8+/m1/s1. The topological polar surface area (TPSA) is 29.5 Å². The van der Waals surface area contributed by atoms with Crippen LogP contribution < -0.4 is 0 Å². The summed E-state index contributed by atoms with van der Waals surface area (Å²) >= 11 is 0. The highest BCUT2D eigenvalue weighted by Gasteiger charge is 2.40. The molecular formula is C8H15BO2. The van der Waals surface area contributed by atoms with Gasteiger partial charge in [-0.25, -0.2) is 0 Å². The Kier molecular flexibility index (Phi) is 2.60. The predicted molar refractivity (Wildman–Crippen MR) is 44.5 cm³/mol. The van der Waals surface area contributed by atoms with Crippen molar-refractivity contribution in [2.45, 2.75) is 38.3 Å². The van der Waals surface area contributed by atoms with E-state index in [0.29, 0.717) is 5.92 Å². The third-order valence-electron chi connectivity index (χ3n) is 2.57. The minimum Gasteiger partial charge on any atom is -0.393 e. The summed E-state index contributed by atoms with van der Waals surface area (Å²) < 4.78 is 5.49. The maximum atomic E-state index is 9.07. The van der Waals surface area contributed by atoms with Crippen molar-refractivity contribution < 1.29 is 9.84 Å². The minimum atomic E-state index is -0.348. The zero-order valence-corrected chi connectivity index (χ0v) is 7.21. The van der Waals surface area contributed by atoms with E-state index in [4.69, 9.17) is 17.7 Å². The van der Waals surface area contributed by atoms with Gasteiger partial charge in [-0.15, -0.1) is 0 Å². The van der Waals surface area contributed by atoms with Gasteiger partial charge in [0.05, 0.1) is 12.2 Å². The van der Waals surface area contributed by atoms with E-state index in [-0.39, 0.29) is 18.2 Å². The molecule has 1 N–H and O–H groups in total. The minimum absolute atomic E-state index is 0.0849. The van der Waals surface area contributed by atoms with Gasteiger partial charge in [0.2, 0.25) is 0 Å². The van der Waals surface area contributed by atoms with Crippen molar-refractivity contribution in [2.24, 2.45) is 5.92 Å². The molecule has 0 aromatic rings. The highest BCUT2D eigenvalue weighted by atomic mass is 16.5. The molecule has 62 valence electrons. The number of hydrogen-bond donors (Lipinski definition) is 1. The lowest BCUT2D eigenvalue weighted by molar-refractivity contribution is -0.0534. The van der Waals surface area contributed by atoms with Gasteiger partial charge in [-0.2, -0.15) is 0 Å². The Morgan fingerprint density at radius 2 is 2.36 bits per heavy atom. The summed E-state index contributed by atoms with van der Waals surface area (Å²) in [5.74, 6) is 0.363. The zero-order chi connectivity index (χ0) is 8.48. The number of ether oxygens (including phenoxy) is 1. The first-order chi connectivity index (χ1) is 5.13. The summed E-state index contributed by atoms with van der Waals surface area (Å²) in [4.78, 5) is 0. The second-order valence-corrected chi connectivity index (χ2v) is 3.46. The van der Waals surface area contributed by atoms with Gasteiger partial charge in [-0.1, -0.05) is 13.8 Å². The lowest BCUT2D eigenvalue weighted by Gasteiger charge is -2.24. The number of rotatable bonds is 2. The predicted octanol–water partition coefficient (Wildman–Crippen LogP) is 0.678. The zero-order valence-electron chi connectivity index (χ0n) is 7.21. The molecule has 0 aromatic carbocycles. The summed E-state index contributed by atoms with van der Waals surface area (Å²) in [6.07, 6.45) is 1.71. The van der Waals surface area contributed by atoms with Gasteiger partial charge in [0.1, 0.15) is 7.85 Å². The van der Waals surface area contributed by atoms with E-state index in [0.717, 1.165) is 12.8 Å². The van der Waals surface area contributed by atoms with Crippen LogP contribution in [0.3, 0.4) is 0 Å². The van der Waals surface area contributed by atoms with Crippen LogP contribution in [0.2, 0.25) is 0 Å². The number of hydrogen-bond acceptors (Lipinski definition) is 2. The summed E-state index contributed by atoms with van der Waals surface area (Å²) in [5, 5.41) is 9.07. The van der Waals surface area contributed by atoms with Gasteiger partial charge < -0.3 is 9.84 Å². The molecule has 3 heteroatoms. The maximum absolute atomic E-state index is 9.07. The molecule has 11 heavy (non-hydrogen) atoms. The molecule has 1 rings (SSSR count). The van der Waals surface area contributed by atoms with E-state index in [2.05, 4.69) is 6.92 Å². The third-order valence-corrected chi connectivity index (χ3v) is 2.57. The Bertz CT molecular complexity index is 122. The highest BCUT2D eigenvalue weighted by Crippen LogP contribution is 2.35. The first kappa shape index (κ1) is 9.08. The van der Waals surface area contributed by atoms with Crippen LogP contribution in [-0.2, 0) is 4.74 Å². The van der Waals surface area contributed by atoms with Crippen LogP contribution in [0.15, 0.2) is 0 Å². The SMILES string of the molecule is [B][C@@H]1O[C@](CC)(CO)C[C@H]1C. The lowest BCUT2D eigenvalue weighted by Crippen LogP contribution is -2.32. The molecule has 0 saturated carbocycles. The fourth-order valence-electron chi connectivity index (χ4n) is 1.60. The van der Waals surface area contributed by atoms with E-state index in [9.17, 15) is 0 Å². The smallest absolute Gasteiger partial charge is 0.109 e. The molecule has 3 atom stereocenters. The van der Waals surface area contributed by atoms with Gasteiger partial charge >= 0.3 is 0 Å². The molecule has 0 aromatic heterocycles. The summed E-state index contributed by atoms with van der Waals surface area (Å²) in [6.45, 7) is 4.15. The van der Waals surface area contributed by atoms with Crippen LogP contribution in [0.25, 0.3) is 0 Å². The summed E-state index contributed by atoms with van der Waals surface area (Å²) in [6, 6.07) is -0.193. The van der Waals surface area contributed by atoms with Crippen molar-refractivity contribution in [2.75, 3.05) is 6.61 Å². The first-order valence-corrected chi connectivity index (χ1v) is 4.18. The molecule has 2 nitrogen and oxygen atoms in total. The summed E-state index contributed by atoms with van der Waals surface area (Å²) in [7, 11) is 5.67. The van der Waals surface area contributed by atoms with Crippen LogP contribution in [0.1, 0.15) is 26.7 Å². The van der Waals surface area contributed by atoms with Crippen molar-refractivity contribution in [1.29, 1.82) is 0 Å². The monoisotopic (exact) mass is 154 g/mol. The highest BCUT2D eigenvalue weighted by molar-refractivity contribution is 6.11. The fourth-order valence-corrected chi connectivity index (χ4v) is 1.60. The second kappa shape index (κ2) is 3.15. The molecule has 1 aliphatic heterocycles. The molecule has 1 aliphatic rings. The number of aliphatic hydroxyl groups is 1. The lowest BCUT2D eigenvalue weighted by atomic mass is 9.85. The van der Waals surface area contributed by atoms with Gasteiger partial charge in [0.15, 0.2) is 0 Å². The molecule has 2 radical (unpaired) electrons. The van der Waals surface area contributed by atoms with E-state index < -0.39 is 0 Å². The average Bonchev–Trinajstić information content (AvgIpc) is 2.29. The Labute approximate surface area is 69.3 Å². The molecule has 0 amide bonds. The van der Waals surface area contributed by atoms with E-state index in [1.165, 1.54) is 0 Å². The van der Waals surface area contributed by atoms with Crippen molar-refractivity contribution >= 4 is 7.85 Å². The van der Waals surface area contributed by atoms with E-state index in [1.807, 2.05) is 6.92 Å². The van der Waals surface area contributed by atoms with E-state index in [1.54, 1.807) is 0 Å². The van der Waals surface area contributed by atoms with E-state index >= 15 is 0 Å². The molecule has 0 unspecified atom stereocenters. The molecule has 1 fully saturated rings. The maximum Gasteiger partial charge on any atom is 0.109 e. The largest absolute Gasteiger partial charge is 0.393 e. The van der Waals surface area contributed by atoms with Crippen LogP contribution in [0.5, 0.6) is 0 Å². The van der Waals surface area contributed by atoms with Crippen molar-refractivity contribution in [3.8, 4) is 0 Å². The Morgan fingerprint density at radius 3 is 2.55 bits per heavy atom. The van der Waals surface area contributed by atoms with Crippen LogP contribution in [0.4, 0.5) is 0 Å². The van der Waals surface area contributed by atoms with Gasteiger partial charge in [-0.05, 0) is 18.8 Å². The molecule has 1 heterocycles. The Balaban J connectivity index is 2.61. The summed E-state index contributed by atoms with van der Waals surface area (Å²) in [5.41, 5.74) is -0.348. The van der Waals surface area contributed by atoms with Crippen molar-refractivity contribution in [3.63, 3.8) is 0 Å². The quantitative estimate of drug-likeness (QED) is 0.592. The van der Waals surface area contributed by atoms with Crippen LogP contribution in [0, 0.1) is 5.92 Å². The fraction of sp³-hybridized carbons (Fsp3) is 1.00.